The van der Waals surface area contributed by atoms with Gasteiger partial charge in [0.05, 0.1) is 23.6 Å². The highest BCUT2D eigenvalue weighted by molar-refractivity contribution is 6.30. The summed E-state index contributed by atoms with van der Waals surface area (Å²) in [5.41, 5.74) is 3.18. The number of benzene rings is 1. The molecule has 1 atom stereocenters. The first-order chi connectivity index (χ1) is 13.3. The molecule has 0 saturated heterocycles. The van der Waals surface area contributed by atoms with Crippen LogP contribution in [0.4, 0.5) is 5.69 Å². The summed E-state index contributed by atoms with van der Waals surface area (Å²) in [6, 6.07) is 8.02. The van der Waals surface area contributed by atoms with Crippen LogP contribution in [0, 0.1) is 13.8 Å². The second-order valence-corrected chi connectivity index (χ2v) is 6.90. The van der Waals surface area contributed by atoms with Crippen molar-refractivity contribution < 1.29 is 14.7 Å². The Morgan fingerprint density at radius 2 is 2.04 bits per heavy atom. The van der Waals surface area contributed by atoms with Crippen LogP contribution in [0.5, 0.6) is 0 Å². The number of hydrogen-bond donors (Lipinski definition) is 2. The molecule has 0 radical (unpaired) electrons. The summed E-state index contributed by atoms with van der Waals surface area (Å²) in [7, 11) is 0. The van der Waals surface area contributed by atoms with Gasteiger partial charge in [0, 0.05) is 11.2 Å². The van der Waals surface area contributed by atoms with Crippen LogP contribution in [0.3, 0.4) is 0 Å². The summed E-state index contributed by atoms with van der Waals surface area (Å²) >= 11 is 6.04. The summed E-state index contributed by atoms with van der Waals surface area (Å²) in [5, 5.41) is 21.1. The van der Waals surface area contributed by atoms with E-state index < -0.39 is 17.9 Å². The number of aryl methyl sites for hydroxylation is 1. The smallest absolute Gasteiger partial charge is 0.328 e. The Labute approximate surface area is 166 Å². The molecule has 0 spiro atoms. The van der Waals surface area contributed by atoms with Crippen LogP contribution in [0.1, 0.15) is 40.4 Å². The molecule has 28 heavy (non-hydrogen) atoms. The number of nitrogens with one attached hydrogen (secondary N) is 1. The average molecular weight is 402 g/mol. The van der Waals surface area contributed by atoms with Crippen molar-refractivity contribution in [2.45, 2.75) is 33.4 Å². The van der Waals surface area contributed by atoms with Gasteiger partial charge in [-0.2, -0.15) is 10.2 Å². The first-order valence-electron chi connectivity index (χ1n) is 8.64. The van der Waals surface area contributed by atoms with E-state index >= 15 is 0 Å². The molecular formula is C19H20ClN5O3. The highest BCUT2D eigenvalue weighted by Gasteiger charge is 2.23. The van der Waals surface area contributed by atoms with Gasteiger partial charge < -0.3 is 10.4 Å². The van der Waals surface area contributed by atoms with Crippen LogP contribution in [0.25, 0.3) is 0 Å². The van der Waals surface area contributed by atoms with Crippen LogP contribution in [-0.4, -0.2) is 36.5 Å². The van der Waals surface area contributed by atoms with Crippen LogP contribution in [-0.2, 0) is 11.3 Å². The molecule has 9 heteroatoms. The number of hydrogen-bond acceptors (Lipinski definition) is 4. The molecule has 2 aromatic heterocycles. The van der Waals surface area contributed by atoms with E-state index in [1.54, 1.807) is 17.7 Å². The number of carbonyl (C=O) groups is 2. The molecule has 0 aliphatic rings. The minimum absolute atomic E-state index is 0.163. The van der Waals surface area contributed by atoms with Gasteiger partial charge in [-0.1, -0.05) is 23.7 Å². The summed E-state index contributed by atoms with van der Waals surface area (Å²) in [6.07, 6.45) is 1.40. The number of aromatic nitrogens is 4. The molecule has 2 N–H and O–H groups in total. The third-order valence-electron chi connectivity index (χ3n) is 4.47. The lowest BCUT2D eigenvalue weighted by atomic mass is 10.2. The lowest BCUT2D eigenvalue weighted by Crippen LogP contribution is -2.24. The molecule has 8 nitrogen and oxygen atoms in total. The van der Waals surface area contributed by atoms with Crippen molar-refractivity contribution in [2.24, 2.45) is 0 Å². The highest BCUT2D eigenvalue weighted by Crippen LogP contribution is 2.22. The fourth-order valence-corrected chi connectivity index (χ4v) is 3.14. The van der Waals surface area contributed by atoms with E-state index in [1.807, 2.05) is 25.1 Å². The number of amides is 1. The molecule has 0 fully saturated rings. The number of aliphatic carboxylic acids is 1. The summed E-state index contributed by atoms with van der Waals surface area (Å²) < 4.78 is 2.96. The number of carbonyl (C=O) groups excluding carboxylic acids is 1. The minimum Gasteiger partial charge on any atom is -0.480 e. The number of carboxylic acids is 1. The predicted molar refractivity (Wildman–Crippen MR) is 105 cm³/mol. The Hall–Kier alpha value is -3.13. The minimum atomic E-state index is -1.07. The Morgan fingerprint density at radius 3 is 2.71 bits per heavy atom. The van der Waals surface area contributed by atoms with Gasteiger partial charge in [-0.05, 0) is 44.5 Å². The van der Waals surface area contributed by atoms with Crippen molar-refractivity contribution >= 4 is 29.2 Å². The highest BCUT2D eigenvalue weighted by atomic mass is 35.5. The Balaban J connectivity index is 1.84. The van der Waals surface area contributed by atoms with E-state index in [-0.39, 0.29) is 5.69 Å². The van der Waals surface area contributed by atoms with Gasteiger partial charge in [-0.3, -0.25) is 9.48 Å². The van der Waals surface area contributed by atoms with Gasteiger partial charge in [-0.25, -0.2) is 9.48 Å². The maximum absolute atomic E-state index is 12.7. The monoisotopic (exact) mass is 401 g/mol. The van der Waals surface area contributed by atoms with E-state index in [0.29, 0.717) is 22.9 Å². The number of halogens is 1. The summed E-state index contributed by atoms with van der Waals surface area (Å²) in [5.74, 6) is -1.52. The number of nitrogens with zero attached hydrogens (tertiary/aromatic N) is 4. The van der Waals surface area contributed by atoms with Crippen molar-refractivity contribution in [3.8, 4) is 0 Å². The zero-order valence-electron chi connectivity index (χ0n) is 15.7. The van der Waals surface area contributed by atoms with Crippen molar-refractivity contribution in [2.75, 3.05) is 5.32 Å². The van der Waals surface area contributed by atoms with Crippen LogP contribution >= 0.6 is 11.6 Å². The zero-order valence-corrected chi connectivity index (χ0v) is 16.4. The second-order valence-electron chi connectivity index (χ2n) is 6.46. The molecule has 1 amide bonds. The first kappa shape index (κ1) is 19.6. The Morgan fingerprint density at radius 1 is 1.29 bits per heavy atom. The van der Waals surface area contributed by atoms with E-state index in [4.69, 9.17) is 11.6 Å². The third kappa shape index (κ3) is 3.91. The van der Waals surface area contributed by atoms with E-state index in [2.05, 4.69) is 15.5 Å². The fourth-order valence-electron chi connectivity index (χ4n) is 2.92. The lowest BCUT2D eigenvalue weighted by molar-refractivity contribution is -0.140. The van der Waals surface area contributed by atoms with Gasteiger partial charge in [0.1, 0.15) is 11.7 Å². The quantitative estimate of drug-likeness (QED) is 0.659. The van der Waals surface area contributed by atoms with Gasteiger partial charge in [0.2, 0.25) is 0 Å². The fraction of sp³-hybridized carbons (Fsp3) is 0.263. The standard InChI is InChI=1S/C19H20ClN5O3/c1-11-17(12(2)24(23-11)10-14-5-4-6-15(20)9-14)22-18(26)16-7-8-21-25(16)13(3)19(27)28/h4-9,13H,10H2,1-3H3,(H,22,26)(H,27,28). The normalized spacial score (nSPS) is 12.0. The van der Waals surface area contributed by atoms with E-state index in [1.165, 1.54) is 23.9 Å². The lowest BCUT2D eigenvalue weighted by Gasteiger charge is -2.12. The van der Waals surface area contributed by atoms with Crippen LogP contribution in [0.15, 0.2) is 36.5 Å². The molecule has 3 aromatic rings. The van der Waals surface area contributed by atoms with Gasteiger partial charge in [0.15, 0.2) is 0 Å². The van der Waals surface area contributed by atoms with Crippen LogP contribution < -0.4 is 5.32 Å². The molecule has 146 valence electrons. The molecular weight excluding hydrogens is 382 g/mol. The molecule has 1 unspecified atom stereocenters. The summed E-state index contributed by atoms with van der Waals surface area (Å²) in [6.45, 7) is 5.63. The second kappa shape index (κ2) is 7.85. The molecule has 0 aliphatic carbocycles. The van der Waals surface area contributed by atoms with E-state index in [0.717, 1.165) is 11.3 Å². The van der Waals surface area contributed by atoms with Crippen molar-refractivity contribution in [1.29, 1.82) is 0 Å². The van der Waals surface area contributed by atoms with Gasteiger partial charge in [-0.15, -0.1) is 0 Å². The Kier molecular flexibility index (Phi) is 5.51. The molecule has 0 aliphatic heterocycles. The first-order valence-corrected chi connectivity index (χ1v) is 9.02. The average Bonchev–Trinajstić information content (AvgIpc) is 3.22. The van der Waals surface area contributed by atoms with E-state index in [9.17, 15) is 14.7 Å². The van der Waals surface area contributed by atoms with Gasteiger partial charge >= 0.3 is 5.97 Å². The Bertz CT molecular complexity index is 1040. The summed E-state index contributed by atoms with van der Waals surface area (Å²) in [4.78, 5) is 23.9. The van der Waals surface area contributed by atoms with Crippen LogP contribution in [0.2, 0.25) is 5.02 Å². The van der Waals surface area contributed by atoms with Crippen molar-refractivity contribution in [3.63, 3.8) is 0 Å². The third-order valence-corrected chi connectivity index (χ3v) is 4.70. The number of rotatable bonds is 6. The molecule has 2 heterocycles. The maximum Gasteiger partial charge on any atom is 0.328 e. The SMILES string of the molecule is Cc1nn(Cc2cccc(Cl)c2)c(C)c1NC(=O)c1ccnn1C(C)C(=O)O. The van der Waals surface area contributed by atoms with Crippen molar-refractivity contribution in [1.82, 2.24) is 19.6 Å². The predicted octanol–water partition coefficient (Wildman–Crippen LogP) is 3.30. The number of anilines is 1. The van der Waals surface area contributed by atoms with Gasteiger partial charge in [0.25, 0.3) is 5.91 Å². The molecule has 1 aromatic carbocycles. The molecule has 0 saturated carbocycles. The largest absolute Gasteiger partial charge is 0.480 e. The topological polar surface area (TPSA) is 102 Å². The number of carboxylic acid groups (broad SMARTS) is 1. The zero-order chi connectivity index (χ0) is 20.4. The maximum atomic E-state index is 12.7. The van der Waals surface area contributed by atoms with Crippen molar-refractivity contribution in [3.05, 3.63) is 64.2 Å². The molecule has 0 bridgehead atoms. The molecule has 3 rings (SSSR count).